The predicted molar refractivity (Wildman–Crippen MR) is 124 cm³/mol. The van der Waals surface area contributed by atoms with E-state index in [-0.39, 0.29) is 11.9 Å². The lowest BCUT2D eigenvalue weighted by Gasteiger charge is -2.23. The van der Waals surface area contributed by atoms with Gasteiger partial charge in [-0.25, -0.2) is 4.79 Å². The van der Waals surface area contributed by atoms with Crippen molar-refractivity contribution in [3.8, 4) is 5.75 Å². The highest BCUT2D eigenvalue weighted by molar-refractivity contribution is 6.30. The molecule has 0 aliphatic carbocycles. The number of urea groups is 1. The van der Waals surface area contributed by atoms with E-state index in [2.05, 4.69) is 10.6 Å². The van der Waals surface area contributed by atoms with Crippen LogP contribution in [0, 0.1) is 0 Å². The molecule has 2 N–H and O–H groups in total. The van der Waals surface area contributed by atoms with Gasteiger partial charge < -0.3 is 15.4 Å². The molecule has 7 heteroatoms. The van der Waals surface area contributed by atoms with Crippen molar-refractivity contribution < 1.29 is 14.3 Å². The Labute approximate surface area is 186 Å². The Hall–Kier alpha value is -3.51. The highest BCUT2D eigenvalue weighted by Gasteiger charge is 2.16. The second kappa shape index (κ2) is 11.0. The van der Waals surface area contributed by atoms with Crippen LogP contribution in [0.15, 0.2) is 78.9 Å². The first kappa shape index (κ1) is 22.2. The second-order valence-electron chi connectivity index (χ2n) is 6.77. The van der Waals surface area contributed by atoms with Crippen LogP contribution in [0.3, 0.4) is 0 Å². The van der Waals surface area contributed by atoms with Gasteiger partial charge in [-0.2, -0.15) is 0 Å². The van der Waals surface area contributed by atoms with Gasteiger partial charge in [-0.15, -0.1) is 0 Å². The highest BCUT2D eigenvalue weighted by Crippen LogP contribution is 2.21. The van der Waals surface area contributed by atoms with Crippen molar-refractivity contribution in [2.75, 3.05) is 30.4 Å². The van der Waals surface area contributed by atoms with E-state index < -0.39 is 0 Å². The van der Waals surface area contributed by atoms with Gasteiger partial charge in [0.25, 0.3) is 5.91 Å². The lowest BCUT2D eigenvalue weighted by atomic mass is 10.2. The molecule has 0 saturated heterocycles. The van der Waals surface area contributed by atoms with Crippen LogP contribution >= 0.6 is 11.6 Å². The Morgan fingerprint density at radius 2 is 1.71 bits per heavy atom. The maximum absolute atomic E-state index is 13.0. The van der Waals surface area contributed by atoms with E-state index in [0.29, 0.717) is 41.5 Å². The molecule has 0 aromatic heterocycles. The molecule has 0 aliphatic rings. The van der Waals surface area contributed by atoms with Gasteiger partial charge in [-0.05, 0) is 61.0 Å². The Kier molecular flexibility index (Phi) is 7.90. The molecule has 0 spiro atoms. The number of hydrogen-bond acceptors (Lipinski definition) is 3. The molecule has 3 amide bonds. The van der Waals surface area contributed by atoms with E-state index in [4.69, 9.17) is 16.3 Å². The molecule has 6 nitrogen and oxygen atoms in total. The van der Waals surface area contributed by atoms with Gasteiger partial charge in [0.15, 0.2) is 0 Å². The van der Waals surface area contributed by atoms with E-state index in [1.54, 1.807) is 60.5 Å². The highest BCUT2D eigenvalue weighted by atomic mass is 35.5. The summed E-state index contributed by atoms with van der Waals surface area (Å²) in [7, 11) is 1.59. The van der Waals surface area contributed by atoms with Crippen LogP contribution < -0.4 is 20.3 Å². The molecule has 0 aliphatic heterocycles. The van der Waals surface area contributed by atoms with Crippen LogP contribution in [-0.2, 0) is 0 Å². The van der Waals surface area contributed by atoms with Crippen molar-refractivity contribution in [3.63, 3.8) is 0 Å². The molecule has 3 aromatic carbocycles. The standard InChI is InChI=1S/C24H24ClN3O3/c1-31-22-13-11-21(12-14-22)28(24(30)27-20-10-5-9-19(25)17-20)16-6-15-26-23(29)18-7-3-2-4-8-18/h2-5,7-14,17H,6,15-16H2,1H3,(H,26,29)(H,27,30). The van der Waals surface area contributed by atoms with Crippen molar-refractivity contribution in [1.82, 2.24) is 5.32 Å². The van der Waals surface area contributed by atoms with Crippen molar-refractivity contribution >= 4 is 34.9 Å². The average molecular weight is 438 g/mol. The fraction of sp³-hybridized carbons (Fsp3) is 0.167. The maximum Gasteiger partial charge on any atom is 0.326 e. The first-order chi connectivity index (χ1) is 15.1. The summed E-state index contributed by atoms with van der Waals surface area (Å²) in [5, 5.41) is 6.29. The molecule has 0 fully saturated rings. The van der Waals surface area contributed by atoms with E-state index in [9.17, 15) is 9.59 Å². The predicted octanol–water partition coefficient (Wildman–Crippen LogP) is 5.21. The zero-order chi connectivity index (χ0) is 22.1. The monoisotopic (exact) mass is 437 g/mol. The molecular weight excluding hydrogens is 414 g/mol. The lowest BCUT2D eigenvalue weighted by Crippen LogP contribution is -2.37. The molecule has 160 valence electrons. The second-order valence-corrected chi connectivity index (χ2v) is 7.20. The SMILES string of the molecule is COc1ccc(N(CCCNC(=O)c2ccccc2)C(=O)Nc2cccc(Cl)c2)cc1. The first-order valence-corrected chi connectivity index (χ1v) is 10.3. The van der Waals surface area contributed by atoms with Crippen LogP contribution in [0.25, 0.3) is 0 Å². The van der Waals surface area contributed by atoms with Crippen molar-refractivity contribution in [1.29, 1.82) is 0 Å². The molecule has 31 heavy (non-hydrogen) atoms. The minimum Gasteiger partial charge on any atom is -0.497 e. The van der Waals surface area contributed by atoms with Gasteiger partial charge in [-0.3, -0.25) is 9.69 Å². The molecule has 3 rings (SSSR count). The zero-order valence-electron chi connectivity index (χ0n) is 17.2. The van der Waals surface area contributed by atoms with Gasteiger partial charge in [0.05, 0.1) is 7.11 Å². The van der Waals surface area contributed by atoms with Gasteiger partial charge in [0.2, 0.25) is 0 Å². The summed E-state index contributed by atoms with van der Waals surface area (Å²) in [5.41, 5.74) is 1.93. The van der Waals surface area contributed by atoms with Gasteiger partial charge in [0, 0.05) is 35.1 Å². The summed E-state index contributed by atoms with van der Waals surface area (Å²) in [6, 6.07) is 22.9. The molecular formula is C24H24ClN3O3. The average Bonchev–Trinajstić information content (AvgIpc) is 2.79. The number of ether oxygens (including phenoxy) is 1. The fourth-order valence-corrected chi connectivity index (χ4v) is 3.19. The topological polar surface area (TPSA) is 70.7 Å². The summed E-state index contributed by atoms with van der Waals surface area (Å²) < 4.78 is 5.20. The van der Waals surface area contributed by atoms with E-state index in [1.807, 2.05) is 30.3 Å². The summed E-state index contributed by atoms with van der Waals surface area (Å²) in [4.78, 5) is 26.8. The number of benzene rings is 3. The number of nitrogens with one attached hydrogen (secondary N) is 2. The molecule has 0 atom stereocenters. The summed E-state index contributed by atoms with van der Waals surface area (Å²) >= 11 is 6.02. The van der Waals surface area contributed by atoms with Gasteiger partial charge >= 0.3 is 6.03 Å². The van der Waals surface area contributed by atoms with Crippen molar-refractivity contribution in [2.45, 2.75) is 6.42 Å². The molecule has 3 aromatic rings. The Balaban J connectivity index is 1.65. The molecule has 0 unspecified atom stereocenters. The lowest BCUT2D eigenvalue weighted by molar-refractivity contribution is 0.0953. The maximum atomic E-state index is 13.0. The van der Waals surface area contributed by atoms with Crippen LogP contribution in [0.2, 0.25) is 5.02 Å². The molecule has 0 bridgehead atoms. The van der Waals surface area contributed by atoms with Crippen LogP contribution in [-0.4, -0.2) is 32.1 Å². The van der Waals surface area contributed by atoms with Crippen LogP contribution in [0.1, 0.15) is 16.8 Å². The van der Waals surface area contributed by atoms with Crippen molar-refractivity contribution in [2.24, 2.45) is 0 Å². The van der Waals surface area contributed by atoms with Crippen LogP contribution in [0.4, 0.5) is 16.2 Å². The molecule has 0 saturated carbocycles. The third kappa shape index (κ3) is 6.49. The van der Waals surface area contributed by atoms with Crippen LogP contribution in [0.5, 0.6) is 5.75 Å². The van der Waals surface area contributed by atoms with Gasteiger partial charge in [-0.1, -0.05) is 35.9 Å². The van der Waals surface area contributed by atoms with E-state index in [0.717, 1.165) is 5.69 Å². The Morgan fingerprint density at radius 1 is 0.968 bits per heavy atom. The molecule has 0 heterocycles. The summed E-state index contributed by atoms with van der Waals surface area (Å²) in [6.07, 6.45) is 0.577. The number of rotatable bonds is 8. The number of carbonyl (C=O) groups excluding carboxylic acids is 2. The number of methoxy groups -OCH3 is 1. The number of carbonyl (C=O) groups is 2. The summed E-state index contributed by atoms with van der Waals surface area (Å²) in [5.74, 6) is 0.564. The normalized spacial score (nSPS) is 10.3. The summed E-state index contributed by atoms with van der Waals surface area (Å²) in [6.45, 7) is 0.846. The Bertz CT molecular complexity index is 1010. The van der Waals surface area contributed by atoms with Gasteiger partial charge in [0.1, 0.15) is 5.75 Å². The Morgan fingerprint density at radius 3 is 2.39 bits per heavy atom. The minimum atomic E-state index is -0.290. The largest absolute Gasteiger partial charge is 0.497 e. The fourth-order valence-electron chi connectivity index (χ4n) is 3.00. The number of amides is 3. The number of halogens is 1. The number of nitrogens with zero attached hydrogens (tertiary/aromatic N) is 1. The number of anilines is 2. The molecule has 0 radical (unpaired) electrons. The first-order valence-electron chi connectivity index (χ1n) is 9.88. The number of hydrogen-bond donors (Lipinski definition) is 2. The smallest absolute Gasteiger partial charge is 0.326 e. The zero-order valence-corrected chi connectivity index (χ0v) is 17.9. The van der Waals surface area contributed by atoms with Crippen molar-refractivity contribution in [3.05, 3.63) is 89.4 Å². The third-order valence-corrected chi connectivity index (χ3v) is 4.82. The van der Waals surface area contributed by atoms with E-state index in [1.165, 1.54) is 0 Å². The third-order valence-electron chi connectivity index (χ3n) is 4.59. The minimum absolute atomic E-state index is 0.139. The van der Waals surface area contributed by atoms with E-state index >= 15 is 0 Å². The quantitative estimate of drug-likeness (QED) is 0.475.